The maximum Gasteiger partial charge on any atom is 0.164 e. The van der Waals surface area contributed by atoms with Crippen molar-refractivity contribution in [3.8, 4) is 79.0 Å². The highest BCUT2D eigenvalue weighted by atomic mass is 16.3. The van der Waals surface area contributed by atoms with Gasteiger partial charge in [0.25, 0.3) is 0 Å². The number of hydrogen-bond acceptors (Lipinski definition) is 6. The summed E-state index contributed by atoms with van der Waals surface area (Å²) in [6, 6.07) is 49.5. The Morgan fingerprint density at radius 1 is 0.407 bits per heavy atom. The van der Waals surface area contributed by atoms with Crippen LogP contribution in [0.5, 0.6) is 11.5 Å². The standard InChI is InChI=1S/C45H32B3N3O3/c46-38-37(39(47)42(53)40(48)41(38)52)45-50-43(30-20-16-28(17-21-30)26-10-5-2-6-11-26)49-44(51-45)31-22-23-33-35(24-31)54-34-13-7-12-32(36(33)34)29-18-14-27(15-19-29)25-8-3-1-4-9-25/h1-24,52-53H,46-48H2. The van der Waals surface area contributed by atoms with Crippen LogP contribution in [-0.4, -0.2) is 48.7 Å². The SMILES string of the molecule is Bc1c(O)c(B)c(-c2nc(-c3ccc(-c4ccccc4)cc3)nc(-c3ccc4c(c3)oc3cccc(-c5ccc(-c6ccccc6)cc5)c34)n2)c(B)c1O. The minimum atomic E-state index is 0.0121. The van der Waals surface area contributed by atoms with Gasteiger partial charge in [-0.1, -0.05) is 127 Å². The molecular formula is C45H32B3N3O3. The fraction of sp³-hybridized carbons (Fsp3) is 0. The molecule has 0 atom stereocenters. The second kappa shape index (κ2) is 13.3. The minimum absolute atomic E-state index is 0.0121. The lowest BCUT2D eigenvalue weighted by atomic mass is 9.74. The molecule has 0 bridgehead atoms. The van der Waals surface area contributed by atoms with Gasteiger partial charge in [0.1, 0.15) is 46.2 Å². The van der Waals surface area contributed by atoms with Gasteiger partial charge in [-0.15, -0.1) is 0 Å². The molecule has 254 valence electrons. The minimum Gasteiger partial charge on any atom is -0.509 e. The molecule has 0 spiro atoms. The van der Waals surface area contributed by atoms with Crippen molar-refractivity contribution < 1.29 is 14.6 Å². The van der Waals surface area contributed by atoms with Crippen molar-refractivity contribution >= 4 is 61.9 Å². The Morgan fingerprint density at radius 3 is 1.48 bits per heavy atom. The topological polar surface area (TPSA) is 92.3 Å². The summed E-state index contributed by atoms with van der Waals surface area (Å²) >= 11 is 0. The van der Waals surface area contributed by atoms with Crippen LogP contribution in [0.15, 0.2) is 150 Å². The lowest BCUT2D eigenvalue weighted by Crippen LogP contribution is -2.29. The van der Waals surface area contributed by atoms with E-state index in [0.29, 0.717) is 45.0 Å². The number of aromatic nitrogens is 3. The quantitative estimate of drug-likeness (QED) is 0.209. The largest absolute Gasteiger partial charge is 0.509 e. The summed E-state index contributed by atoms with van der Waals surface area (Å²) in [4.78, 5) is 14.9. The van der Waals surface area contributed by atoms with Crippen molar-refractivity contribution in [1.82, 2.24) is 15.0 Å². The molecule has 9 heteroatoms. The number of aromatic hydroxyl groups is 2. The van der Waals surface area contributed by atoms with E-state index in [4.69, 9.17) is 19.4 Å². The molecule has 7 aromatic carbocycles. The van der Waals surface area contributed by atoms with Crippen molar-refractivity contribution in [2.75, 3.05) is 0 Å². The van der Waals surface area contributed by atoms with Crippen LogP contribution in [-0.2, 0) is 0 Å². The number of benzene rings is 7. The van der Waals surface area contributed by atoms with Crippen LogP contribution in [0.1, 0.15) is 0 Å². The molecule has 2 N–H and O–H groups in total. The Bertz CT molecular complexity index is 2830. The van der Waals surface area contributed by atoms with E-state index in [1.165, 1.54) is 5.56 Å². The number of phenols is 2. The summed E-state index contributed by atoms with van der Waals surface area (Å²) in [5.74, 6) is 1.29. The normalized spacial score (nSPS) is 11.3. The molecule has 0 unspecified atom stereocenters. The van der Waals surface area contributed by atoms with Crippen molar-refractivity contribution in [3.63, 3.8) is 0 Å². The second-order valence-corrected chi connectivity index (χ2v) is 13.6. The van der Waals surface area contributed by atoms with Crippen LogP contribution in [0.4, 0.5) is 0 Å². The molecule has 0 aliphatic carbocycles. The Morgan fingerprint density at radius 2 is 0.889 bits per heavy atom. The molecule has 9 aromatic rings. The molecular weight excluding hydrogens is 663 g/mol. The van der Waals surface area contributed by atoms with Gasteiger partial charge in [-0.2, -0.15) is 0 Å². The summed E-state index contributed by atoms with van der Waals surface area (Å²) in [5.41, 5.74) is 11.9. The fourth-order valence-electron chi connectivity index (χ4n) is 7.39. The van der Waals surface area contributed by atoms with E-state index in [1.807, 2.05) is 76.4 Å². The molecule has 0 aliphatic rings. The molecule has 0 aliphatic heterocycles. The van der Waals surface area contributed by atoms with Gasteiger partial charge in [0.2, 0.25) is 0 Å². The lowest BCUT2D eigenvalue weighted by molar-refractivity contribution is 0.464. The van der Waals surface area contributed by atoms with E-state index in [0.717, 1.165) is 55.3 Å². The maximum absolute atomic E-state index is 11.0. The van der Waals surface area contributed by atoms with E-state index < -0.39 is 0 Å². The third-order valence-corrected chi connectivity index (χ3v) is 10.3. The summed E-state index contributed by atoms with van der Waals surface area (Å²) in [7, 11) is 5.32. The average Bonchev–Trinajstić information content (AvgIpc) is 3.61. The summed E-state index contributed by atoms with van der Waals surface area (Å²) < 4.78 is 6.50. The van der Waals surface area contributed by atoms with Crippen LogP contribution < -0.4 is 16.4 Å². The maximum atomic E-state index is 11.0. The number of furan rings is 1. The Kier molecular flexibility index (Phi) is 8.12. The van der Waals surface area contributed by atoms with Gasteiger partial charge in [0, 0.05) is 27.5 Å². The zero-order chi connectivity index (χ0) is 36.9. The number of nitrogens with zero attached hydrogens (tertiary/aromatic N) is 3. The Balaban J connectivity index is 1.17. The number of rotatable bonds is 6. The first kappa shape index (κ1) is 33.0. The fourth-order valence-corrected chi connectivity index (χ4v) is 7.39. The van der Waals surface area contributed by atoms with E-state index in [2.05, 4.69) is 84.9 Å². The van der Waals surface area contributed by atoms with E-state index >= 15 is 0 Å². The first-order chi connectivity index (χ1) is 26.3. The predicted molar refractivity (Wildman–Crippen MR) is 228 cm³/mol. The van der Waals surface area contributed by atoms with Gasteiger partial charge in [-0.3, -0.25) is 0 Å². The van der Waals surface area contributed by atoms with Gasteiger partial charge in [-0.25, -0.2) is 15.0 Å². The molecule has 54 heavy (non-hydrogen) atoms. The summed E-state index contributed by atoms with van der Waals surface area (Å²) in [6.45, 7) is 0. The first-order valence-corrected chi connectivity index (χ1v) is 17.9. The van der Waals surface area contributed by atoms with Gasteiger partial charge in [-0.05, 0) is 68.0 Å². The molecule has 2 aromatic heterocycles. The third-order valence-electron chi connectivity index (χ3n) is 10.3. The molecule has 0 amide bonds. The third kappa shape index (κ3) is 5.71. The first-order valence-electron chi connectivity index (χ1n) is 17.9. The molecule has 0 radical (unpaired) electrons. The smallest absolute Gasteiger partial charge is 0.164 e. The average molecular weight is 695 g/mol. The van der Waals surface area contributed by atoms with Gasteiger partial charge in [0.15, 0.2) is 17.5 Å². The highest BCUT2D eigenvalue weighted by Crippen LogP contribution is 2.39. The van der Waals surface area contributed by atoms with E-state index in [1.54, 1.807) is 7.85 Å². The van der Waals surface area contributed by atoms with Gasteiger partial charge >= 0.3 is 0 Å². The van der Waals surface area contributed by atoms with Crippen molar-refractivity contribution in [2.45, 2.75) is 0 Å². The van der Waals surface area contributed by atoms with Crippen LogP contribution in [0.2, 0.25) is 0 Å². The van der Waals surface area contributed by atoms with Crippen molar-refractivity contribution in [3.05, 3.63) is 146 Å². The molecule has 0 saturated carbocycles. The van der Waals surface area contributed by atoms with Crippen LogP contribution >= 0.6 is 0 Å². The van der Waals surface area contributed by atoms with Crippen molar-refractivity contribution in [1.29, 1.82) is 0 Å². The predicted octanol–water partition coefficient (Wildman–Crippen LogP) is 5.96. The van der Waals surface area contributed by atoms with E-state index in [-0.39, 0.29) is 11.5 Å². The van der Waals surface area contributed by atoms with Crippen molar-refractivity contribution in [2.24, 2.45) is 0 Å². The molecule has 9 rings (SSSR count). The van der Waals surface area contributed by atoms with Crippen LogP contribution in [0.3, 0.4) is 0 Å². The molecule has 2 heterocycles. The van der Waals surface area contributed by atoms with Gasteiger partial charge < -0.3 is 14.6 Å². The lowest BCUT2D eigenvalue weighted by Gasteiger charge is -2.17. The monoisotopic (exact) mass is 695 g/mol. The van der Waals surface area contributed by atoms with Crippen LogP contribution in [0.25, 0.3) is 89.5 Å². The Hall–Kier alpha value is -6.86. The Labute approximate surface area is 315 Å². The van der Waals surface area contributed by atoms with Gasteiger partial charge in [0.05, 0.1) is 0 Å². The number of fused-ring (bicyclic) bond motifs is 3. The molecule has 6 nitrogen and oxygen atoms in total. The van der Waals surface area contributed by atoms with E-state index in [9.17, 15) is 10.2 Å². The molecule has 0 saturated heterocycles. The zero-order valence-corrected chi connectivity index (χ0v) is 30.0. The second-order valence-electron chi connectivity index (χ2n) is 13.6. The number of phenolic OH excluding ortho intramolecular Hbond substituents is 2. The zero-order valence-electron chi connectivity index (χ0n) is 30.0. The highest BCUT2D eigenvalue weighted by Gasteiger charge is 2.22. The van der Waals surface area contributed by atoms with Crippen LogP contribution in [0, 0.1) is 0 Å². The number of hydrogen-bond donors (Lipinski definition) is 2. The summed E-state index contributed by atoms with van der Waals surface area (Å²) in [6.07, 6.45) is 0. The highest BCUT2D eigenvalue weighted by molar-refractivity contribution is 6.51. The molecule has 0 fully saturated rings. The summed E-state index contributed by atoms with van der Waals surface area (Å²) in [5, 5.41) is 24.0.